The summed E-state index contributed by atoms with van der Waals surface area (Å²) in [5.41, 5.74) is 3.67. The topological polar surface area (TPSA) is 98.0 Å². The smallest absolute Gasteiger partial charge is 0.291 e. The molecule has 0 bridgehead atoms. The first kappa shape index (κ1) is 14.5. The van der Waals surface area contributed by atoms with Crippen LogP contribution in [-0.4, -0.2) is 18.6 Å². The lowest BCUT2D eigenvalue weighted by Crippen LogP contribution is -2.16. The summed E-state index contributed by atoms with van der Waals surface area (Å²) in [5, 5.41) is 6.13. The Morgan fingerprint density at radius 1 is 1.10 bits per heavy atom. The van der Waals surface area contributed by atoms with Gasteiger partial charge in [-0.1, -0.05) is 11.3 Å². The quantitative estimate of drug-likeness (QED) is 0.657. The van der Waals surface area contributed by atoms with E-state index >= 15 is 0 Å². The number of rotatable bonds is 3. The Hall–Kier alpha value is -1.95. The van der Waals surface area contributed by atoms with E-state index in [2.05, 4.69) is 10.2 Å². The maximum absolute atomic E-state index is 13.3. The number of nitrogens with two attached hydrogens (primary N) is 1. The van der Waals surface area contributed by atoms with Gasteiger partial charge in [-0.15, -0.1) is 10.2 Å². The monoisotopic (exact) mass is 328 g/mol. The van der Waals surface area contributed by atoms with Gasteiger partial charge in [-0.05, 0) is 0 Å². The fraction of sp³-hybridized carbons (Fsp3) is 0. The van der Waals surface area contributed by atoms with Crippen molar-refractivity contribution in [3.05, 3.63) is 29.3 Å². The Balaban J connectivity index is 2.50. The van der Waals surface area contributed by atoms with Crippen molar-refractivity contribution >= 4 is 32.2 Å². The van der Waals surface area contributed by atoms with Crippen molar-refractivity contribution in [1.29, 1.82) is 0 Å². The second kappa shape index (κ2) is 4.86. The molecule has 0 aliphatic carbocycles. The molecule has 0 unspecified atom stereocenters. The molecule has 0 saturated carbocycles. The number of sulfonamides is 1. The van der Waals surface area contributed by atoms with E-state index in [-0.39, 0.29) is 11.2 Å². The summed E-state index contributed by atoms with van der Waals surface area (Å²) >= 11 is 0.407. The Bertz CT molecular complexity index is 751. The highest BCUT2D eigenvalue weighted by Crippen LogP contribution is 2.27. The molecule has 0 radical (unpaired) electrons. The number of nitrogens with one attached hydrogen (secondary N) is 1. The Morgan fingerprint density at radius 2 is 1.65 bits per heavy atom. The molecule has 0 aliphatic heterocycles. The average molecular weight is 328 g/mol. The van der Waals surface area contributed by atoms with E-state index in [1.807, 2.05) is 0 Å². The predicted octanol–water partition coefficient (Wildman–Crippen LogP) is 1.48. The van der Waals surface area contributed by atoms with Crippen LogP contribution >= 0.6 is 11.3 Å². The van der Waals surface area contributed by atoms with Gasteiger partial charge in [0.2, 0.25) is 5.13 Å². The lowest BCUT2D eigenvalue weighted by molar-refractivity contribution is 0.459. The first-order valence-corrected chi connectivity index (χ1v) is 6.97. The fourth-order valence-electron chi connectivity index (χ4n) is 1.17. The van der Waals surface area contributed by atoms with Gasteiger partial charge in [-0.3, -0.25) is 4.72 Å². The van der Waals surface area contributed by atoms with Crippen molar-refractivity contribution in [2.45, 2.75) is 4.34 Å². The molecule has 20 heavy (non-hydrogen) atoms. The van der Waals surface area contributed by atoms with E-state index in [4.69, 9.17) is 5.73 Å². The number of aromatic nitrogens is 2. The molecule has 108 valence electrons. The largest absolute Gasteiger partial charge is 0.374 e. The lowest BCUT2D eigenvalue weighted by Gasteiger charge is -2.08. The van der Waals surface area contributed by atoms with Gasteiger partial charge in [-0.25, -0.2) is 17.6 Å². The van der Waals surface area contributed by atoms with Crippen LogP contribution in [0.3, 0.4) is 0 Å². The van der Waals surface area contributed by atoms with Crippen molar-refractivity contribution in [3.63, 3.8) is 0 Å². The summed E-state index contributed by atoms with van der Waals surface area (Å²) in [6.07, 6.45) is 0. The Morgan fingerprint density at radius 3 is 2.10 bits per heavy atom. The number of hydrogen-bond donors (Lipinski definition) is 2. The summed E-state index contributed by atoms with van der Waals surface area (Å²) in [4.78, 5) is 0. The van der Waals surface area contributed by atoms with Crippen LogP contribution in [-0.2, 0) is 10.0 Å². The molecular weight excluding hydrogens is 324 g/mol. The van der Waals surface area contributed by atoms with Crippen molar-refractivity contribution < 1.29 is 26.0 Å². The van der Waals surface area contributed by atoms with Gasteiger partial charge in [0.25, 0.3) is 14.4 Å². The summed E-state index contributed by atoms with van der Waals surface area (Å²) in [5.74, 6) is -7.27. The highest BCUT2D eigenvalue weighted by atomic mass is 32.2. The van der Waals surface area contributed by atoms with Crippen LogP contribution in [0.5, 0.6) is 0 Å². The van der Waals surface area contributed by atoms with Gasteiger partial charge in [0.15, 0.2) is 23.3 Å². The van der Waals surface area contributed by atoms with Gasteiger partial charge in [0, 0.05) is 6.07 Å². The molecule has 6 nitrogen and oxygen atoms in total. The SMILES string of the molecule is Nc1nnc(S(=O)(=O)Nc2c(F)c(F)cc(F)c2F)s1. The van der Waals surface area contributed by atoms with E-state index in [0.29, 0.717) is 11.3 Å². The minimum absolute atomic E-state index is 0.0502. The number of nitrogens with zero attached hydrogens (tertiary/aromatic N) is 2. The number of hydrogen-bond acceptors (Lipinski definition) is 6. The standard InChI is InChI=1S/C8H4F4N4O2S2/c9-2-1-3(10)5(12)6(4(2)11)16-20(17,18)8-15-14-7(13)19-8/h1,16H,(H2,13,14). The second-order valence-corrected chi connectivity index (χ2v) is 6.22. The zero-order valence-corrected chi connectivity index (χ0v) is 10.8. The number of nitrogen functional groups attached to an aromatic ring is 1. The van der Waals surface area contributed by atoms with Crippen LogP contribution in [0.15, 0.2) is 10.4 Å². The predicted molar refractivity (Wildman–Crippen MR) is 61.4 cm³/mol. The zero-order chi connectivity index (χ0) is 15.1. The second-order valence-electron chi connectivity index (χ2n) is 3.35. The molecule has 0 saturated heterocycles. The molecule has 2 rings (SSSR count). The van der Waals surface area contributed by atoms with Gasteiger partial charge in [-0.2, -0.15) is 8.42 Å². The van der Waals surface area contributed by atoms with Crippen LogP contribution in [0, 0.1) is 23.3 Å². The molecule has 0 spiro atoms. The summed E-state index contributed by atoms with van der Waals surface area (Å²) in [6.45, 7) is 0. The van der Waals surface area contributed by atoms with Crippen LogP contribution < -0.4 is 10.5 Å². The van der Waals surface area contributed by atoms with E-state index in [1.54, 1.807) is 0 Å². The normalized spacial score (nSPS) is 11.6. The molecule has 2 aromatic rings. The molecule has 0 fully saturated rings. The van der Waals surface area contributed by atoms with E-state index < -0.39 is 43.3 Å². The molecular formula is C8H4F4N4O2S2. The van der Waals surface area contributed by atoms with Gasteiger partial charge in [0.05, 0.1) is 0 Å². The van der Waals surface area contributed by atoms with Crippen molar-refractivity contribution in [1.82, 2.24) is 10.2 Å². The minimum atomic E-state index is -4.57. The fourth-order valence-corrected chi connectivity index (χ4v) is 3.02. The number of anilines is 2. The molecule has 1 aromatic carbocycles. The lowest BCUT2D eigenvalue weighted by atomic mass is 10.3. The minimum Gasteiger partial charge on any atom is -0.374 e. The van der Waals surface area contributed by atoms with E-state index in [1.165, 1.54) is 4.72 Å². The number of halogens is 4. The number of benzene rings is 1. The average Bonchev–Trinajstić information content (AvgIpc) is 2.80. The van der Waals surface area contributed by atoms with Crippen molar-refractivity contribution in [2.24, 2.45) is 0 Å². The third-order valence-electron chi connectivity index (χ3n) is 2.00. The highest BCUT2D eigenvalue weighted by molar-refractivity contribution is 7.94. The van der Waals surface area contributed by atoms with E-state index in [9.17, 15) is 26.0 Å². The van der Waals surface area contributed by atoms with Crippen LogP contribution in [0.1, 0.15) is 0 Å². The zero-order valence-electron chi connectivity index (χ0n) is 9.19. The Kier molecular flexibility index (Phi) is 3.52. The van der Waals surface area contributed by atoms with Crippen LogP contribution in [0.25, 0.3) is 0 Å². The molecule has 1 heterocycles. The van der Waals surface area contributed by atoms with E-state index in [0.717, 1.165) is 0 Å². The van der Waals surface area contributed by atoms with Gasteiger partial charge >= 0.3 is 0 Å². The molecule has 0 atom stereocenters. The van der Waals surface area contributed by atoms with Crippen LogP contribution in [0.2, 0.25) is 0 Å². The first-order chi connectivity index (χ1) is 9.22. The molecule has 3 N–H and O–H groups in total. The maximum Gasteiger partial charge on any atom is 0.291 e. The highest BCUT2D eigenvalue weighted by Gasteiger charge is 2.26. The van der Waals surface area contributed by atoms with Gasteiger partial charge < -0.3 is 5.73 Å². The third-order valence-corrected chi connectivity index (χ3v) is 4.47. The molecule has 0 aliphatic rings. The first-order valence-electron chi connectivity index (χ1n) is 4.67. The molecule has 1 aromatic heterocycles. The van der Waals surface area contributed by atoms with Crippen molar-refractivity contribution in [2.75, 3.05) is 10.5 Å². The van der Waals surface area contributed by atoms with Crippen LogP contribution in [0.4, 0.5) is 28.4 Å². The summed E-state index contributed by atoms with van der Waals surface area (Å²) < 4.78 is 76.6. The summed E-state index contributed by atoms with van der Waals surface area (Å²) in [6, 6.07) is -0.0502. The molecule has 12 heteroatoms. The Labute approximate surface area is 113 Å². The summed E-state index contributed by atoms with van der Waals surface area (Å²) in [7, 11) is -4.57. The third kappa shape index (κ3) is 2.51. The maximum atomic E-state index is 13.3. The van der Waals surface area contributed by atoms with Crippen molar-refractivity contribution in [3.8, 4) is 0 Å². The van der Waals surface area contributed by atoms with Gasteiger partial charge in [0.1, 0.15) is 5.69 Å². The molecule has 0 amide bonds.